The number of carbonyl (C=O) groups excluding carboxylic acids is 2. The van der Waals surface area contributed by atoms with Crippen molar-refractivity contribution < 1.29 is 14.3 Å². The Morgan fingerprint density at radius 3 is 2.30 bits per heavy atom. The number of benzene rings is 3. The summed E-state index contributed by atoms with van der Waals surface area (Å²) in [7, 11) is 1.72. The first kappa shape index (κ1) is 19.6. The average Bonchev–Trinajstić information content (AvgIpc) is 2.90. The van der Waals surface area contributed by atoms with Gasteiger partial charge in [0.2, 0.25) is 0 Å². The van der Waals surface area contributed by atoms with E-state index in [2.05, 4.69) is 0 Å². The molecule has 3 aromatic carbocycles. The van der Waals surface area contributed by atoms with Gasteiger partial charge in [0, 0.05) is 18.2 Å². The fourth-order valence-corrected chi connectivity index (χ4v) is 3.50. The smallest absolute Gasteiger partial charge is 0.308 e. The first-order chi connectivity index (χ1) is 14.6. The van der Waals surface area contributed by atoms with Gasteiger partial charge in [-0.25, -0.2) is 0 Å². The maximum Gasteiger partial charge on any atom is 0.308 e. The van der Waals surface area contributed by atoms with Crippen LogP contribution < -0.4 is 4.90 Å². The second-order valence-corrected chi connectivity index (χ2v) is 7.12. The number of para-hydroxylation sites is 1. The summed E-state index contributed by atoms with van der Waals surface area (Å²) >= 11 is 0. The molecule has 1 amide bonds. The SMILES string of the molecule is CN1C(=O)[C@@H](CC(=O)OCc2ccccc2)N=C(c2ccccc2)c2ccccc21. The molecule has 0 aliphatic carbocycles. The van der Waals surface area contributed by atoms with Crippen molar-refractivity contribution in [3.05, 3.63) is 102 Å². The molecule has 5 nitrogen and oxygen atoms in total. The highest BCUT2D eigenvalue weighted by atomic mass is 16.5. The van der Waals surface area contributed by atoms with E-state index in [-0.39, 0.29) is 18.9 Å². The van der Waals surface area contributed by atoms with Gasteiger partial charge in [-0.15, -0.1) is 0 Å². The van der Waals surface area contributed by atoms with Gasteiger partial charge < -0.3 is 9.64 Å². The van der Waals surface area contributed by atoms with Crippen LogP contribution in [0.4, 0.5) is 5.69 Å². The number of fused-ring (bicyclic) bond motifs is 1. The number of ether oxygens (including phenoxy) is 1. The molecule has 0 unspecified atom stereocenters. The van der Waals surface area contributed by atoms with Gasteiger partial charge in [0.15, 0.2) is 0 Å². The van der Waals surface area contributed by atoms with E-state index in [0.717, 1.165) is 22.4 Å². The summed E-state index contributed by atoms with van der Waals surface area (Å²) in [6.45, 7) is 0.173. The molecule has 0 radical (unpaired) electrons. The molecule has 4 rings (SSSR count). The number of esters is 1. The Labute approximate surface area is 175 Å². The van der Waals surface area contributed by atoms with Gasteiger partial charge in [-0.05, 0) is 11.6 Å². The van der Waals surface area contributed by atoms with Crippen LogP contribution in [0.15, 0.2) is 89.9 Å². The summed E-state index contributed by atoms with van der Waals surface area (Å²) in [6, 6.07) is 26.0. The van der Waals surface area contributed by atoms with Crippen molar-refractivity contribution in [2.75, 3.05) is 11.9 Å². The Balaban J connectivity index is 1.62. The van der Waals surface area contributed by atoms with Crippen molar-refractivity contribution in [3.8, 4) is 0 Å². The second-order valence-electron chi connectivity index (χ2n) is 7.12. The summed E-state index contributed by atoms with van der Waals surface area (Å²) in [5.41, 5.74) is 4.13. The summed E-state index contributed by atoms with van der Waals surface area (Å²) in [5, 5.41) is 0. The first-order valence-corrected chi connectivity index (χ1v) is 9.83. The van der Waals surface area contributed by atoms with Gasteiger partial charge in [-0.3, -0.25) is 14.6 Å². The Morgan fingerprint density at radius 2 is 1.57 bits per heavy atom. The molecule has 150 valence electrons. The van der Waals surface area contributed by atoms with Gasteiger partial charge in [-0.1, -0.05) is 78.9 Å². The van der Waals surface area contributed by atoms with E-state index < -0.39 is 12.0 Å². The highest BCUT2D eigenvalue weighted by molar-refractivity contribution is 6.20. The molecule has 0 aromatic heterocycles. The maximum absolute atomic E-state index is 13.1. The fourth-order valence-electron chi connectivity index (χ4n) is 3.50. The minimum absolute atomic E-state index is 0.111. The average molecular weight is 398 g/mol. The molecule has 0 spiro atoms. The Morgan fingerprint density at radius 1 is 0.933 bits per heavy atom. The van der Waals surface area contributed by atoms with Crippen LogP contribution in [0, 0.1) is 0 Å². The summed E-state index contributed by atoms with van der Waals surface area (Å²) < 4.78 is 5.39. The van der Waals surface area contributed by atoms with E-state index in [1.54, 1.807) is 11.9 Å². The third-order valence-electron chi connectivity index (χ3n) is 5.07. The first-order valence-electron chi connectivity index (χ1n) is 9.83. The summed E-state index contributed by atoms with van der Waals surface area (Å²) in [6.07, 6.45) is -0.111. The van der Waals surface area contributed by atoms with Crippen LogP contribution in [0.25, 0.3) is 0 Å². The van der Waals surface area contributed by atoms with Crippen LogP contribution >= 0.6 is 0 Å². The molecule has 1 aliphatic rings. The Kier molecular flexibility index (Phi) is 5.70. The van der Waals surface area contributed by atoms with Crippen LogP contribution in [0.1, 0.15) is 23.1 Å². The second kappa shape index (κ2) is 8.74. The predicted octanol–water partition coefficient (Wildman–Crippen LogP) is 4.00. The molecule has 0 fully saturated rings. The van der Waals surface area contributed by atoms with Crippen LogP contribution in [-0.2, 0) is 20.9 Å². The van der Waals surface area contributed by atoms with Crippen LogP contribution in [0.2, 0.25) is 0 Å². The van der Waals surface area contributed by atoms with Gasteiger partial charge in [-0.2, -0.15) is 0 Å². The number of hydrogen-bond acceptors (Lipinski definition) is 4. The molecule has 3 aromatic rings. The van der Waals surface area contributed by atoms with Gasteiger partial charge in [0.1, 0.15) is 12.6 Å². The summed E-state index contributed by atoms with van der Waals surface area (Å²) in [5.74, 6) is -0.683. The molecular weight excluding hydrogens is 376 g/mol. The molecule has 1 aliphatic heterocycles. The lowest BCUT2D eigenvalue weighted by molar-refractivity contribution is -0.146. The lowest BCUT2D eigenvalue weighted by Gasteiger charge is -2.20. The van der Waals surface area contributed by atoms with Crippen molar-refractivity contribution in [2.24, 2.45) is 4.99 Å². The maximum atomic E-state index is 13.1. The minimum Gasteiger partial charge on any atom is -0.461 e. The van der Waals surface area contributed by atoms with E-state index in [1.165, 1.54) is 0 Å². The molecule has 0 saturated heterocycles. The van der Waals surface area contributed by atoms with Crippen LogP contribution in [0.3, 0.4) is 0 Å². The predicted molar refractivity (Wildman–Crippen MR) is 117 cm³/mol. The standard InChI is InChI=1S/C25H22N2O3/c1-27-22-15-9-8-14-20(22)24(19-12-6-3-7-13-19)26-21(25(27)29)16-23(28)30-17-18-10-4-2-5-11-18/h2-15,21H,16-17H2,1H3/t21-/m1/s1. The molecule has 5 heteroatoms. The van der Waals surface area contributed by atoms with E-state index in [1.807, 2.05) is 84.9 Å². The fraction of sp³-hybridized carbons (Fsp3) is 0.160. The minimum atomic E-state index is -0.846. The number of nitrogens with zero attached hydrogens (tertiary/aromatic N) is 2. The summed E-state index contributed by atoms with van der Waals surface area (Å²) in [4.78, 5) is 31.9. The molecule has 1 heterocycles. The molecular formula is C25H22N2O3. The van der Waals surface area contributed by atoms with E-state index >= 15 is 0 Å². The molecule has 0 bridgehead atoms. The molecule has 30 heavy (non-hydrogen) atoms. The Hall–Kier alpha value is -3.73. The van der Waals surface area contributed by atoms with Crippen molar-refractivity contribution in [2.45, 2.75) is 19.1 Å². The van der Waals surface area contributed by atoms with E-state index in [9.17, 15) is 9.59 Å². The highest BCUT2D eigenvalue weighted by Gasteiger charge is 2.31. The Bertz CT molecular complexity index is 1080. The number of hydrogen-bond donors (Lipinski definition) is 0. The van der Waals surface area contributed by atoms with Gasteiger partial charge in [0.25, 0.3) is 5.91 Å². The van der Waals surface area contributed by atoms with Crippen LogP contribution in [0.5, 0.6) is 0 Å². The van der Waals surface area contributed by atoms with Gasteiger partial charge >= 0.3 is 5.97 Å². The normalized spacial score (nSPS) is 15.8. The molecule has 1 atom stereocenters. The number of carbonyl (C=O) groups is 2. The van der Waals surface area contributed by atoms with Crippen molar-refractivity contribution in [3.63, 3.8) is 0 Å². The number of anilines is 1. The zero-order valence-electron chi connectivity index (χ0n) is 16.7. The number of aliphatic imine (C=N–C) groups is 1. The quantitative estimate of drug-likeness (QED) is 0.611. The lowest BCUT2D eigenvalue weighted by atomic mass is 10.0. The van der Waals surface area contributed by atoms with Crippen molar-refractivity contribution in [1.82, 2.24) is 0 Å². The highest BCUT2D eigenvalue weighted by Crippen LogP contribution is 2.28. The zero-order chi connectivity index (χ0) is 20.9. The van der Waals surface area contributed by atoms with Crippen LogP contribution in [-0.4, -0.2) is 30.7 Å². The van der Waals surface area contributed by atoms with Gasteiger partial charge in [0.05, 0.1) is 17.8 Å². The zero-order valence-corrected chi connectivity index (χ0v) is 16.7. The number of rotatable bonds is 5. The number of likely N-dealkylation sites (N-methyl/N-ethyl adjacent to an activating group) is 1. The van der Waals surface area contributed by atoms with E-state index in [0.29, 0.717) is 5.71 Å². The molecule has 0 N–H and O–H groups in total. The van der Waals surface area contributed by atoms with E-state index in [4.69, 9.17) is 9.73 Å². The van der Waals surface area contributed by atoms with Crippen molar-refractivity contribution in [1.29, 1.82) is 0 Å². The third kappa shape index (κ3) is 4.15. The topological polar surface area (TPSA) is 59.0 Å². The molecule has 0 saturated carbocycles. The number of benzodiazepines with no additional fused rings is 1. The lowest BCUT2D eigenvalue weighted by Crippen LogP contribution is -2.36. The number of amides is 1. The largest absolute Gasteiger partial charge is 0.461 e. The van der Waals surface area contributed by atoms with Crippen molar-refractivity contribution >= 4 is 23.3 Å². The monoisotopic (exact) mass is 398 g/mol. The third-order valence-corrected chi connectivity index (χ3v) is 5.07.